The Morgan fingerprint density at radius 2 is 1.80 bits per heavy atom. The highest BCUT2D eigenvalue weighted by Gasteiger charge is 2.15. The lowest BCUT2D eigenvalue weighted by Gasteiger charge is -2.22. The second kappa shape index (κ2) is 5.36. The van der Waals surface area contributed by atoms with Crippen molar-refractivity contribution in [3.63, 3.8) is 0 Å². The second-order valence-corrected chi connectivity index (χ2v) is 5.30. The smallest absolute Gasteiger partial charge is 0.0991 e. The third-order valence-corrected chi connectivity index (χ3v) is 3.78. The van der Waals surface area contributed by atoms with E-state index in [2.05, 4.69) is 29.6 Å². The van der Waals surface area contributed by atoms with Crippen LogP contribution in [-0.2, 0) is 12.8 Å². The van der Waals surface area contributed by atoms with Crippen LogP contribution in [0.1, 0.15) is 23.1 Å². The van der Waals surface area contributed by atoms with Crippen molar-refractivity contribution < 1.29 is 0 Å². The second-order valence-electron chi connectivity index (χ2n) is 5.30. The van der Waals surface area contributed by atoms with Crippen molar-refractivity contribution in [1.82, 2.24) is 0 Å². The number of anilines is 2. The Morgan fingerprint density at radius 1 is 1.05 bits per heavy atom. The quantitative estimate of drug-likeness (QED) is 0.875. The zero-order valence-electron chi connectivity index (χ0n) is 11.3. The van der Waals surface area contributed by atoms with E-state index in [1.807, 2.05) is 24.3 Å². The van der Waals surface area contributed by atoms with Gasteiger partial charge >= 0.3 is 0 Å². The molecule has 20 heavy (non-hydrogen) atoms. The third-order valence-electron chi connectivity index (χ3n) is 3.78. The van der Waals surface area contributed by atoms with Crippen LogP contribution in [0.4, 0.5) is 11.4 Å². The van der Waals surface area contributed by atoms with Gasteiger partial charge in [0.05, 0.1) is 11.6 Å². The molecule has 0 spiro atoms. The summed E-state index contributed by atoms with van der Waals surface area (Å²) in [5.74, 6) is 0. The molecule has 0 radical (unpaired) electrons. The lowest BCUT2D eigenvalue weighted by molar-refractivity contribution is 0.577. The summed E-state index contributed by atoms with van der Waals surface area (Å²) in [4.78, 5) is 0. The highest BCUT2D eigenvalue weighted by Crippen LogP contribution is 2.25. The standard InChI is InChI=1S/C17H17N3/c18-11-12-1-6-16(7-2-12)20-17-8-4-13-9-15(19)5-3-14(13)10-17/h1-2,4,6-8,10,15,20H,3,5,9,19H2/t15-/m0/s1. The molecule has 2 aromatic carbocycles. The molecular formula is C17H17N3. The Morgan fingerprint density at radius 3 is 2.55 bits per heavy atom. The molecule has 3 rings (SSSR count). The van der Waals surface area contributed by atoms with Crippen LogP contribution >= 0.6 is 0 Å². The Bertz CT molecular complexity index is 653. The van der Waals surface area contributed by atoms with E-state index in [0.717, 1.165) is 30.6 Å². The van der Waals surface area contributed by atoms with Crippen molar-refractivity contribution in [2.75, 3.05) is 5.32 Å². The Hall–Kier alpha value is -2.31. The summed E-state index contributed by atoms with van der Waals surface area (Å²) < 4.78 is 0. The van der Waals surface area contributed by atoms with E-state index in [-0.39, 0.29) is 0 Å². The number of hydrogen-bond acceptors (Lipinski definition) is 3. The van der Waals surface area contributed by atoms with Gasteiger partial charge in [0.2, 0.25) is 0 Å². The zero-order chi connectivity index (χ0) is 13.9. The lowest BCUT2D eigenvalue weighted by Crippen LogP contribution is -2.27. The van der Waals surface area contributed by atoms with Crippen LogP contribution in [0.2, 0.25) is 0 Å². The van der Waals surface area contributed by atoms with Gasteiger partial charge in [-0.2, -0.15) is 5.26 Å². The Labute approximate surface area is 119 Å². The van der Waals surface area contributed by atoms with Gasteiger partial charge in [-0.25, -0.2) is 0 Å². The molecule has 0 heterocycles. The van der Waals surface area contributed by atoms with Gasteiger partial charge in [-0.3, -0.25) is 0 Å². The zero-order valence-corrected chi connectivity index (χ0v) is 11.3. The number of aryl methyl sites for hydroxylation is 1. The third kappa shape index (κ3) is 2.66. The number of rotatable bonds is 2. The number of nitrogens with zero attached hydrogens (tertiary/aromatic N) is 1. The molecular weight excluding hydrogens is 246 g/mol. The maximum absolute atomic E-state index is 8.79. The van der Waals surface area contributed by atoms with E-state index >= 15 is 0 Å². The van der Waals surface area contributed by atoms with Crippen molar-refractivity contribution >= 4 is 11.4 Å². The monoisotopic (exact) mass is 263 g/mol. The van der Waals surface area contributed by atoms with E-state index in [1.54, 1.807) is 0 Å². The van der Waals surface area contributed by atoms with Crippen LogP contribution in [0, 0.1) is 11.3 Å². The molecule has 0 fully saturated rings. The average Bonchev–Trinajstić information content (AvgIpc) is 2.48. The van der Waals surface area contributed by atoms with Crippen molar-refractivity contribution in [2.45, 2.75) is 25.3 Å². The average molecular weight is 263 g/mol. The van der Waals surface area contributed by atoms with Crippen molar-refractivity contribution in [2.24, 2.45) is 5.73 Å². The number of nitriles is 1. The van der Waals surface area contributed by atoms with Gasteiger partial charge in [0, 0.05) is 17.4 Å². The fourth-order valence-electron chi connectivity index (χ4n) is 2.66. The van der Waals surface area contributed by atoms with Crippen LogP contribution in [0.5, 0.6) is 0 Å². The molecule has 2 aromatic rings. The predicted octanol–water partition coefficient (Wildman–Crippen LogP) is 3.12. The van der Waals surface area contributed by atoms with E-state index in [0.29, 0.717) is 11.6 Å². The highest BCUT2D eigenvalue weighted by molar-refractivity contribution is 5.62. The lowest BCUT2D eigenvalue weighted by atomic mass is 9.88. The summed E-state index contributed by atoms with van der Waals surface area (Å²) in [6.07, 6.45) is 3.10. The van der Waals surface area contributed by atoms with Crippen molar-refractivity contribution in [1.29, 1.82) is 5.26 Å². The Balaban J connectivity index is 1.79. The van der Waals surface area contributed by atoms with E-state index in [1.165, 1.54) is 11.1 Å². The summed E-state index contributed by atoms with van der Waals surface area (Å²) >= 11 is 0. The van der Waals surface area contributed by atoms with Gasteiger partial charge < -0.3 is 11.1 Å². The number of benzene rings is 2. The van der Waals surface area contributed by atoms with Crippen LogP contribution in [0.3, 0.4) is 0 Å². The van der Waals surface area contributed by atoms with Gasteiger partial charge in [0.25, 0.3) is 0 Å². The minimum Gasteiger partial charge on any atom is -0.356 e. The van der Waals surface area contributed by atoms with Gasteiger partial charge in [0.1, 0.15) is 0 Å². The van der Waals surface area contributed by atoms with Crippen LogP contribution < -0.4 is 11.1 Å². The summed E-state index contributed by atoms with van der Waals surface area (Å²) in [6, 6.07) is 16.4. The van der Waals surface area contributed by atoms with Gasteiger partial charge in [-0.15, -0.1) is 0 Å². The predicted molar refractivity (Wildman–Crippen MR) is 80.9 cm³/mol. The molecule has 3 heteroatoms. The van der Waals surface area contributed by atoms with Crippen molar-refractivity contribution in [3.8, 4) is 6.07 Å². The molecule has 1 aliphatic carbocycles. The van der Waals surface area contributed by atoms with Gasteiger partial charge in [-0.1, -0.05) is 6.07 Å². The minimum atomic E-state index is 0.305. The van der Waals surface area contributed by atoms with Gasteiger partial charge in [-0.05, 0) is 66.8 Å². The first-order valence-corrected chi connectivity index (χ1v) is 6.89. The van der Waals surface area contributed by atoms with Crippen molar-refractivity contribution in [3.05, 3.63) is 59.2 Å². The fraction of sp³-hybridized carbons (Fsp3) is 0.235. The molecule has 0 bridgehead atoms. The maximum Gasteiger partial charge on any atom is 0.0991 e. The first kappa shape index (κ1) is 12.7. The topological polar surface area (TPSA) is 61.8 Å². The summed E-state index contributed by atoms with van der Waals surface area (Å²) in [6.45, 7) is 0. The van der Waals surface area contributed by atoms with Crippen LogP contribution in [-0.4, -0.2) is 6.04 Å². The van der Waals surface area contributed by atoms with E-state index in [9.17, 15) is 0 Å². The summed E-state index contributed by atoms with van der Waals surface area (Å²) in [5.41, 5.74) is 11.5. The molecule has 0 amide bonds. The number of nitrogens with two attached hydrogens (primary N) is 1. The molecule has 1 atom stereocenters. The molecule has 0 saturated carbocycles. The number of hydrogen-bond donors (Lipinski definition) is 2. The number of nitrogens with one attached hydrogen (secondary N) is 1. The largest absolute Gasteiger partial charge is 0.356 e. The molecule has 1 aliphatic rings. The first-order valence-electron chi connectivity index (χ1n) is 6.89. The normalized spacial score (nSPS) is 17.1. The summed E-state index contributed by atoms with van der Waals surface area (Å²) in [7, 11) is 0. The van der Waals surface area contributed by atoms with Gasteiger partial charge in [0.15, 0.2) is 0 Å². The van der Waals surface area contributed by atoms with E-state index < -0.39 is 0 Å². The molecule has 0 aliphatic heterocycles. The molecule has 100 valence electrons. The molecule has 0 saturated heterocycles. The maximum atomic E-state index is 8.79. The molecule has 3 N–H and O–H groups in total. The molecule has 0 unspecified atom stereocenters. The van der Waals surface area contributed by atoms with Crippen LogP contribution in [0.15, 0.2) is 42.5 Å². The number of fused-ring (bicyclic) bond motifs is 1. The molecule has 0 aromatic heterocycles. The summed E-state index contributed by atoms with van der Waals surface area (Å²) in [5, 5.41) is 12.2. The fourth-order valence-corrected chi connectivity index (χ4v) is 2.66. The first-order chi connectivity index (χ1) is 9.74. The molecule has 3 nitrogen and oxygen atoms in total. The Kier molecular flexibility index (Phi) is 3.41. The minimum absolute atomic E-state index is 0.305. The highest BCUT2D eigenvalue weighted by atomic mass is 14.9. The van der Waals surface area contributed by atoms with E-state index in [4.69, 9.17) is 11.0 Å². The SMILES string of the molecule is N#Cc1ccc(Nc2ccc3c(c2)CC[C@H](N)C3)cc1. The van der Waals surface area contributed by atoms with Crippen LogP contribution in [0.25, 0.3) is 0 Å².